The predicted molar refractivity (Wildman–Crippen MR) is 98.0 cm³/mol. The van der Waals surface area contributed by atoms with Gasteiger partial charge in [0.25, 0.3) is 11.8 Å². The number of rotatable bonds is 4. The molecule has 1 fully saturated rings. The molecule has 0 atom stereocenters. The number of amides is 2. The molecule has 3 rings (SSSR count). The number of hydrogen-bond acceptors (Lipinski definition) is 5. The highest BCUT2D eigenvalue weighted by Gasteiger charge is 2.22. The number of benzene rings is 1. The van der Waals surface area contributed by atoms with Crippen LogP contribution in [0.4, 0.5) is 5.69 Å². The summed E-state index contributed by atoms with van der Waals surface area (Å²) < 4.78 is 1.77. The third kappa shape index (κ3) is 3.91. The molecule has 1 aromatic carbocycles. The van der Waals surface area contributed by atoms with Gasteiger partial charge in [-0.2, -0.15) is 0 Å². The minimum absolute atomic E-state index is 0.166. The van der Waals surface area contributed by atoms with Crippen LogP contribution in [0.2, 0.25) is 0 Å². The first-order chi connectivity index (χ1) is 12.5. The summed E-state index contributed by atoms with van der Waals surface area (Å²) in [5.74, 6) is -0.485. The van der Waals surface area contributed by atoms with Crippen molar-refractivity contribution in [2.24, 2.45) is 5.73 Å². The van der Waals surface area contributed by atoms with E-state index in [1.165, 1.54) is 0 Å². The number of carbonyl (C=O) groups is 2. The zero-order valence-electron chi connectivity index (χ0n) is 15.0. The molecular weight excluding hydrogens is 332 g/mol. The summed E-state index contributed by atoms with van der Waals surface area (Å²) in [5.41, 5.74) is 8.19. The summed E-state index contributed by atoms with van der Waals surface area (Å²) >= 11 is 0. The fraction of sp³-hybridized carbons (Fsp3) is 0.444. The van der Waals surface area contributed by atoms with Gasteiger partial charge < -0.3 is 16.4 Å². The second kappa shape index (κ2) is 7.65. The largest absolute Gasteiger partial charge is 0.355 e. The molecule has 2 aromatic rings. The Morgan fingerprint density at radius 3 is 2.58 bits per heavy atom. The van der Waals surface area contributed by atoms with E-state index in [0.717, 1.165) is 31.2 Å². The molecule has 4 N–H and O–H groups in total. The Bertz CT molecular complexity index is 808. The third-order valence-corrected chi connectivity index (χ3v) is 4.82. The minimum Gasteiger partial charge on any atom is -0.355 e. The number of hydrogen-bond donors (Lipinski definition) is 3. The summed E-state index contributed by atoms with van der Waals surface area (Å²) in [6.45, 7) is 1.84. The number of anilines is 1. The smallest absolute Gasteiger partial charge is 0.277 e. The highest BCUT2D eigenvalue weighted by Crippen LogP contribution is 2.27. The Labute approximate surface area is 152 Å². The third-order valence-electron chi connectivity index (χ3n) is 4.82. The maximum Gasteiger partial charge on any atom is 0.277 e. The first-order valence-corrected chi connectivity index (χ1v) is 8.79. The maximum atomic E-state index is 12.5. The van der Waals surface area contributed by atoms with Gasteiger partial charge in [-0.05, 0) is 56.4 Å². The number of nitrogens with two attached hydrogens (primary N) is 1. The molecule has 0 saturated heterocycles. The quantitative estimate of drug-likeness (QED) is 0.770. The zero-order valence-corrected chi connectivity index (χ0v) is 15.0. The monoisotopic (exact) mass is 356 g/mol. The van der Waals surface area contributed by atoms with Gasteiger partial charge in [0.1, 0.15) is 0 Å². The molecule has 1 heterocycles. The van der Waals surface area contributed by atoms with Crippen molar-refractivity contribution >= 4 is 17.5 Å². The summed E-state index contributed by atoms with van der Waals surface area (Å²) in [6.07, 6.45) is 5.51. The molecule has 0 bridgehead atoms. The fourth-order valence-corrected chi connectivity index (χ4v) is 3.20. The number of nitrogens with zero attached hydrogens (tertiary/aromatic N) is 3. The van der Waals surface area contributed by atoms with E-state index in [-0.39, 0.29) is 29.6 Å². The number of nitrogens with one attached hydrogen (secondary N) is 2. The van der Waals surface area contributed by atoms with E-state index < -0.39 is 0 Å². The van der Waals surface area contributed by atoms with Crippen molar-refractivity contribution in [1.82, 2.24) is 20.3 Å². The fourth-order valence-electron chi connectivity index (χ4n) is 3.20. The predicted octanol–water partition coefficient (Wildman–Crippen LogP) is 1.64. The van der Waals surface area contributed by atoms with E-state index in [1.54, 1.807) is 36.1 Å². The lowest BCUT2D eigenvalue weighted by Crippen LogP contribution is -2.28. The van der Waals surface area contributed by atoms with Gasteiger partial charge >= 0.3 is 0 Å². The maximum absolute atomic E-state index is 12.5. The lowest BCUT2D eigenvalue weighted by Gasteiger charge is -2.25. The highest BCUT2D eigenvalue weighted by atomic mass is 16.2. The van der Waals surface area contributed by atoms with E-state index in [0.29, 0.717) is 11.3 Å². The van der Waals surface area contributed by atoms with E-state index >= 15 is 0 Å². The van der Waals surface area contributed by atoms with Crippen LogP contribution in [0.5, 0.6) is 0 Å². The van der Waals surface area contributed by atoms with Gasteiger partial charge in [-0.25, -0.2) is 4.68 Å². The Kier molecular flexibility index (Phi) is 5.32. The van der Waals surface area contributed by atoms with E-state index in [9.17, 15) is 9.59 Å². The molecule has 1 saturated carbocycles. The van der Waals surface area contributed by atoms with Gasteiger partial charge in [0.05, 0.1) is 12.2 Å². The number of aromatic nitrogens is 3. The lowest BCUT2D eigenvalue weighted by molar-refractivity contribution is 0.0962. The van der Waals surface area contributed by atoms with Crippen molar-refractivity contribution in [2.45, 2.75) is 44.7 Å². The molecule has 0 unspecified atom stereocenters. The second-order valence-electron chi connectivity index (χ2n) is 6.72. The van der Waals surface area contributed by atoms with E-state index in [4.69, 9.17) is 5.73 Å². The summed E-state index contributed by atoms with van der Waals surface area (Å²) in [7, 11) is 1.58. The lowest BCUT2D eigenvalue weighted by atomic mass is 9.92. The Morgan fingerprint density at radius 2 is 1.92 bits per heavy atom. The molecular formula is C18H24N6O2. The van der Waals surface area contributed by atoms with E-state index in [1.807, 2.05) is 6.92 Å². The molecule has 1 aliphatic carbocycles. The van der Waals surface area contributed by atoms with Crippen molar-refractivity contribution in [3.05, 3.63) is 41.2 Å². The summed E-state index contributed by atoms with van der Waals surface area (Å²) in [6, 6.07) is 5.63. The van der Waals surface area contributed by atoms with Crippen molar-refractivity contribution in [2.75, 3.05) is 12.4 Å². The van der Waals surface area contributed by atoms with Crippen molar-refractivity contribution in [3.8, 4) is 0 Å². The van der Waals surface area contributed by atoms with Crippen LogP contribution in [-0.4, -0.2) is 39.9 Å². The number of carbonyl (C=O) groups excluding carboxylic acids is 2. The van der Waals surface area contributed by atoms with Crippen molar-refractivity contribution < 1.29 is 9.59 Å². The zero-order chi connectivity index (χ0) is 18.7. The van der Waals surface area contributed by atoms with E-state index in [2.05, 4.69) is 20.9 Å². The Morgan fingerprint density at radius 1 is 1.19 bits per heavy atom. The van der Waals surface area contributed by atoms with Gasteiger partial charge in [-0.1, -0.05) is 5.21 Å². The topological polar surface area (TPSA) is 115 Å². The number of aryl methyl sites for hydroxylation is 1. The van der Waals surface area contributed by atoms with Gasteiger partial charge in [-0.15, -0.1) is 5.10 Å². The molecule has 8 nitrogen and oxygen atoms in total. The van der Waals surface area contributed by atoms with Gasteiger partial charge in [-0.3, -0.25) is 9.59 Å². The van der Waals surface area contributed by atoms with Crippen LogP contribution < -0.4 is 16.4 Å². The van der Waals surface area contributed by atoms with Crippen LogP contribution in [-0.2, 0) is 0 Å². The molecule has 1 aliphatic rings. The van der Waals surface area contributed by atoms with Crippen LogP contribution in [0, 0.1) is 6.92 Å². The molecule has 1 aromatic heterocycles. The normalized spacial score (nSPS) is 19.8. The van der Waals surface area contributed by atoms with Gasteiger partial charge in [0.2, 0.25) is 0 Å². The van der Waals surface area contributed by atoms with Crippen molar-refractivity contribution in [1.29, 1.82) is 0 Å². The van der Waals surface area contributed by atoms with Gasteiger partial charge in [0, 0.05) is 24.3 Å². The molecule has 0 spiro atoms. The van der Waals surface area contributed by atoms with Gasteiger partial charge in [0.15, 0.2) is 5.69 Å². The standard InChI is InChI=1S/C18H24N6O2/c1-11-9-12(17(25)20-2)3-8-15(11)21-18(26)16-10-24(23-22-16)14-6-4-13(19)5-7-14/h3,8-10,13-14H,4-7,19H2,1-2H3,(H,20,25)(H,21,26). The van der Waals surface area contributed by atoms with Crippen LogP contribution >= 0.6 is 0 Å². The molecule has 0 aliphatic heterocycles. The van der Waals surface area contributed by atoms with Crippen LogP contribution in [0.1, 0.15) is 58.1 Å². The minimum atomic E-state index is -0.320. The molecule has 8 heteroatoms. The SMILES string of the molecule is CNC(=O)c1ccc(NC(=O)c2cn(C3CCC(N)CC3)nn2)c(C)c1. The van der Waals surface area contributed by atoms with Crippen LogP contribution in [0.15, 0.2) is 24.4 Å². The second-order valence-corrected chi connectivity index (χ2v) is 6.72. The molecule has 138 valence electrons. The van der Waals surface area contributed by atoms with Crippen molar-refractivity contribution in [3.63, 3.8) is 0 Å². The Hall–Kier alpha value is -2.74. The molecule has 26 heavy (non-hydrogen) atoms. The Balaban J connectivity index is 1.68. The average Bonchev–Trinajstić information content (AvgIpc) is 3.13. The highest BCUT2D eigenvalue weighted by molar-refractivity contribution is 6.03. The first-order valence-electron chi connectivity index (χ1n) is 8.79. The average molecular weight is 356 g/mol. The summed E-state index contributed by atoms with van der Waals surface area (Å²) in [5, 5.41) is 13.5. The molecule has 2 amide bonds. The van der Waals surface area contributed by atoms with Crippen LogP contribution in [0.3, 0.4) is 0 Å². The summed E-state index contributed by atoms with van der Waals surface area (Å²) in [4.78, 5) is 24.1. The molecule has 0 radical (unpaired) electrons. The van der Waals surface area contributed by atoms with Crippen LogP contribution in [0.25, 0.3) is 0 Å². The first kappa shape index (κ1) is 18.1.